The van der Waals surface area contributed by atoms with Crippen LogP contribution in [0.5, 0.6) is 0 Å². The van der Waals surface area contributed by atoms with Gasteiger partial charge in [-0.1, -0.05) is 163 Å². The molecule has 0 bridgehead atoms. The number of hydrogen-bond donors (Lipinski definition) is 0. The van der Waals surface area contributed by atoms with Crippen molar-refractivity contribution in [1.29, 1.82) is 0 Å². The second kappa shape index (κ2) is 9.77. The molecule has 220 valence electrons. The van der Waals surface area contributed by atoms with Gasteiger partial charge in [-0.2, -0.15) is 0 Å². The normalized spacial score (nSPS) is 14.7. The predicted octanol–water partition coefficient (Wildman–Crippen LogP) is 11.8. The van der Waals surface area contributed by atoms with Gasteiger partial charge in [0.25, 0.3) is 0 Å². The van der Waals surface area contributed by atoms with Crippen molar-refractivity contribution in [2.75, 3.05) is 0 Å². The molecule has 0 amide bonds. The van der Waals surface area contributed by atoms with Crippen molar-refractivity contribution in [3.63, 3.8) is 0 Å². The zero-order valence-corrected chi connectivity index (χ0v) is 29.8. The smallest absolute Gasteiger partial charge is 0.0152 e. The van der Waals surface area contributed by atoms with Crippen molar-refractivity contribution in [2.24, 2.45) is 0 Å². The Morgan fingerprint density at radius 1 is 0.308 bits per heavy atom. The summed E-state index contributed by atoms with van der Waals surface area (Å²) in [5.41, 5.74) is 12.0. The van der Waals surface area contributed by atoms with Crippen LogP contribution in [0.4, 0.5) is 0 Å². The summed E-state index contributed by atoms with van der Waals surface area (Å²) in [7, 11) is 0. The Morgan fingerprint density at radius 2 is 0.641 bits per heavy atom. The van der Waals surface area contributed by atoms with Crippen LogP contribution in [0.15, 0.2) is 24.3 Å². The summed E-state index contributed by atoms with van der Waals surface area (Å²) in [6, 6.07) is 10.0. The van der Waals surface area contributed by atoms with Crippen molar-refractivity contribution in [1.82, 2.24) is 0 Å². The van der Waals surface area contributed by atoms with E-state index < -0.39 is 0 Å². The van der Waals surface area contributed by atoms with Crippen LogP contribution in [0, 0.1) is 0 Å². The van der Waals surface area contributed by atoms with Gasteiger partial charge in [0, 0.05) is 5.41 Å². The summed E-state index contributed by atoms with van der Waals surface area (Å²) < 4.78 is 0. The number of hydrogen-bond acceptors (Lipinski definition) is 0. The second-order valence-electron chi connectivity index (χ2n) is 19.0. The van der Waals surface area contributed by atoms with Crippen LogP contribution in [0.25, 0.3) is 0 Å². The van der Waals surface area contributed by atoms with Gasteiger partial charge < -0.3 is 0 Å². The standard InChI is InChI=1S/C39H64/c1-33(2,3)26-22-21-25(23-27(26)34(4,5)6)39(19,20)32-30(37(13,14)15)28(35(7,8)9)24-29(36(10,11)12)31(32)38(16,17)18/h21-24H,1-20H3. The van der Waals surface area contributed by atoms with Crippen LogP contribution in [-0.2, 0) is 37.9 Å². The van der Waals surface area contributed by atoms with Crippen molar-refractivity contribution in [3.8, 4) is 0 Å². The molecule has 0 unspecified atom stereocenters. The third-order valence-electron chi connectivity index (χ3n) is 8.43. The molecule has 2 aromatic rings. The second-order valence-corrected chi connectivity index (χ2v) is 19.0. The van der Waals surface area contributed by atoms with Gasteiger partial charge in [-0.25, -0.2) is 0 Å². The molecule has 0 saturated heterocycles. The minimum absolute atomic E-state index is 0.00381. The third kappa shape index (κ3) is 6.85. The highest BCUT2D eigenvalue weighted by Gasteiger charge is 2.42. The lowest BCUT2D eigenvalue weighted by Crippen LogP contribution is -2.37. The first-order valence-corrected chi connectivity index (χ1v) is 15.3. The highest BCUT2D eigenvalue weighted by atomic mass is 14.5. The fourth-order valence-corrected chi connectivity index (χ4v) is 6.40. The van der Waals surface area contributed by atoms with E-state index in [1.54, 1.807) is 5.56 Å². The van der Waals surface area contributed by atoms with Gasteiger partial charge >= 0.3 is 0 Å². The van der Waals surface area contributed by atoms with E-state index in [1.165, 1.54) is 38.9 Å². The zero-order chi connectivity index (χ0) is 30.9. The molecule has 0 aliphatic carbocycles. The van der Waals surface area contributed by atoms with Crippen LogP contribution < -0.4 is 0 Å². The van der Waals surface area contributed by atoms with Gasteiger partial charge in [0.2, 0.25) is 0 Å². The Morgan fingerprint density at radius 3 is 0.923 bits per heavy atom. The van der Waals surface area contributed by atoms with E-state index in [0.717, 1.165) is 0 Å². The van der Waals surface area contributed by atoms with Crippen LogP contribution in [0.3, 0.4) is 0 Å². The van der Waals surface area contributed by atoms with E-state index in [4.69, 9.17) is 0 Å². The van der Waals surface area contributed by atoms with Gasteiger partial charge in [-0.3, -0.25) is 0 Å². The van der Waals surface area contributed by atoms with E-state index in [0.29, 0.717) is 0 Å². The Bertz CT molecular complexity index is 1140. The van der Waals surface area contributed by atoms with Crippen LogP contribution >= 0.6 is 0 Å². The molecule has 2 aromatic carbocycles. The molecule has 0 saturated carbocycles. The van der Waals surface area contributed by atoms with Gasteiger partial charge in [-0.15, -0.1) is 0 Å². The molecule has 39 heavy (non-hydrogen) atoms. The molecule has 0 radical (unpaired) electrons. The predicted molar refractivity (Wildman–Crippen MR) is 177 cm³/mol. The monoisotopic (exact) mass is 533 g/mol. The lowest BCUT2D eigenvalue weighted by atomic mass is 9.59. The Labute approximate surface area is 244 Å². The summed E-state index contributed by atoms with van der Waals surface area (Å²) in [6.07, 6.45) is 0. The fourth-order valence-electron chi connectivity index (χ4n) is 6.40. The lowest BCUT2D eigenvalue weighted by Gasteiger charge is -2.45. The Hall–Kier alpha value is -1.56. The van der Waals surface area contributed by atoms with Crippen LogP contribution in [0.2, 0.25) is 0 Å². The minimum Gasteiger partial charge on any atom is -0.0579 e. The molecule has 0 N–H and O–H groups in total. The largest absolute Gasteiger partial charge is 0.0579 e. The summed E-state index contributed by atoms with van der Waals surface area (Å²) in [5.74, 6) is 0. The average Bonchev–Trinajstić information content (AvgIpc) is 2.67. The molecule has 0 aliphatic heterocycles. The topological polar surface area (TPSA) is 0 Å². The first-order chi connectivity index (χ1) is 16.9. The van der Waals surface area contributed by atoms with E-state index in [1.807, 2.05) is 0 Å². The molecule has 0 heteroatoms. The lowest BCUT2D eigenvalue weighted by molar-refractivity contribution is 0.468. The summed E-state index contributed by atoms with van der Waals surface area (Å²) in [6.45, 7) is 48.0. The van der Waals surface area contributed by atoms with Crippen LogP contribution in [0.1, 0.15) is 183 Å². The molecule has 0 spiro atoms. The molecular weight excluding hydrogens is 468 g/mol. The van der Waals surface area contributed by atoms with Crippen molar-refractivity contribution >= 4 is 0 Å². The molecule has 0 heterocycles. The maximum Gasteiger partial charge on any atom is 0.0152 e. The average molecular weight is 533 g/mol. The first-order valence-electron chi connectivity index (χ1n) is 15.3. The van der Waals surface area contributed by atoms with Crippen LogP contribution in [-0.4, -0.2) is 0 Å². The zero-order valence-electron chi connectivity index (χ0n) is 29.8. The SMILES string of the molecule is CC(C)(C)c1ccc(C(C)(C)c2c(C(C)(C)C)c(C(C)(C)C)cc(C(C)(C)C)c2C(C)(C)C)cc1C(C)(C)C. The van der Waals surface area contributed by atoms with E-state index >= 15 is 0 Å². The van der Waals surface area contributed by atoms with Gasteiger partial charge in [-0.05, 0) is 77.0 Å². The number of rotatable bonds is 2. The maximum absolute atomic E-state index is 2.59. The Kier molecular flexibility index (Phi) is 8.43. The molecular formula is C39H64. The van der Waals surface area contributed by atoms with Gasteiger partial charge in [0.1, 0.15) is 0 Å². The summed E-state index contributed by atoms with van der Waals surface area (Å²) in [4.78, 5) is 0. The fraction of sp³-hybridized carbons (Fsp3) is 0.692. The molecule has 2 rings (SSSR count). The van der Waals surface area contributed by atoms with Crippen molar-refractivity contribution in [2.45, 2.75) is 176 Å². The van der Waals surface area contributed by atoms with E-state index in [9.17, 15) is 0 Å². The molecule has 0 fully saturated rings. The van der Waals surface area contributed by atoms with Gasteiger partial charge in [0.05, 0.1) is 0 Å². The maximum atomic E-state index is 2.59. The molecule has 0 aliphatic rings. The third-order valence-corrected chi connectivity index (χ3v) is 8.43. The Balaban J connectivity index is 3.31. The van der Waals surface area contributed by atoms with Gasteiger partial charge in [0.15, 0.2) is 0 Å². The molecule has 0 aromatic heterocycles. The van der Waals surface area contributed by atoms with E-state index in [-0.39, 0.29) is 37.9 Å². The highest BCUT2D eigenvalue weighted by Crippen LogP contribution is 2.51. The molecule has 0 atom stereocenters. The highest BCUT2D eigenvalue weighted by molar-refractivity contribution is 5.61. The quantitative estimate of drug-likeness (QED) is 0.361. The van der Waals surface area contributed by atoms with Crippen molar-refractivity contribution in [3.05, 3.63) is 68.8 Å². The minimum atomic E-state index is -0.178. The number of benzene rings is 2. The summed E-state index contributed by atoms with van der Waals surface area (Å²) >= 11 is 0. The first kappa shape index (κ1) is 33.6. The van der Waals surface area contributed by atoms with E-state index in [2.05, 4.69) is 163 Å². The molecule has 0 nitrogen and oxygen atoms in total. The summed E-state index contributed by atoms with van der Waals surface area (Å²) in [5, 5.41) is 0. The van der Waals surface area contributed by atoms with Crippen molar-refractivity contribution < 1.29 is 0 Å².